The summed E-state index contributed by atoms with van der Waals surface area (Å²) >= 11 is 3.35. The van der Waals surface area contributed by atoms with Crippen LogP contribution >= 0.6 is 15.9 Å². The standard InChI is InChI=1S/C10H9BrN2O2.C7H7NO2/c1-13-8-5-6(10(14)15-2)3-4-7(8)9(11)12-13;1-10-7(9)6-3-2-4-8-5-6/h3-5H,1-2H3;2-5H,1H3. The predicted octanol–water partition coefficient (Wildman–Crippen LogP) is 2.99. The fourth-order valence-electron chi connectivity index (χ4n) is 2.06. The van der Waals surface area contributed by atoms with Crippen LogP contribution in [-0.2, 0) is 16.5 Å². The zero-order valence-corrected chi connectivity index (χ0v) is 15.5. The van der Waals surface area contributed by atoms with E-state index in [4.69, 9.17) is 0 Å². The van der Waals surface area contributed by atoms with E-state index in [0.717, 1.165) is 15.5 Å². The molecule has 2 aromatic heterocycles. The summed E-state index contributed by atoms with van der Waals surface area (Å²) in [6, 6.07) is 8.67. The lowest BCUT2D eigenvalue weighted by Gasteiger charge is -1.99. The molecule has 0 aliphatic rings. The van der Waals surface area contributed by atoms with Gasteiger partial charge in [0.1, 0.15) is 4.60 Å². The largest absolute Gasteiger partial charge is 0.465 e. The number of hydrogen-bond acceptors (Lipinski definition) is 6. The highest BCUT2D eigenvalue weighted by molar-refractivity contribution is 9.10. The minimum Gasteiger partial charge on any atom is -0.465 e. The highest BCUT2D eigenvalue weighted by Crippen LogP contribution is 2.23. The Morgan fingerprint density at radius 3 is 2.36 bits per heavy atom. The quantitative estimate of drug-likeness (QED) is 0.609. The normalized spacial score (nSPS) is 9.92. The van der Waals surface area contributed by atoms with E-state index < -0.39 is 0 Å². The van der Waals surface area contributed by atoms with Gasteiger partial charge >= 0.3 is 11.9 Å². The second kappa shape index (κ2) is 8.39. The van der Waals surface area contributed by atoms with Gasteiger partial charge in [0, 0.05) is 24.8 Å². The number of hydrogen-bond donors (Lipinski definition) is 0. The molecule has 2 heterocycles. The Labute approximate surface area is 152 Å². The van der Waals surface area contributed by atoms with E-state index in [0.29, 0.717) is 11.1 Å². The summed E-state index contributed by atoms with van der Waals surface area (Å²) in [6.45, 7) is 0. The molecule has 0 aliphatic carbocycles. The molecule has 0 radical (unpaired) electrons. The second-order valence-corrected chi connectivity index (χ2v) is 5.62. The molecule has 0 N–H and O–H groups in total. The third kappa shape index (κ3) is 4.42. The average molecular weight is 406 g/mol. The first-order valence-electron chi connectivity index (χ1n) is 7.16. The van der Waals surface area contributed by atoms with Crippen molar-refractivity contribution in [2.45, 2.75) is 0 Å². The highest BCUT2D eigenvalue weighted by atomic mass is 79.9. The van der Waals surface area contributed by atoms with E-state index in [1.54, 1.807) is 35.1 Å². The molecule has 7 nitrogen and oxygen atoms in total. The number of carbonyl (C=O) groups excluding carboxylic acids is 2. The minimum absolute atomic E-state index is 0.339. The Hall–Kier alpha value is -2.74. The summed E-state index contributed by atoms with van der Waals surface area (Å²) in [5, 5.41) is 5.17. The van der Waals surface area contributed by atoms with Crippen molar-refractivity contribution in [2.75, 3.05) is 14.2 Å². The topological polar surface area (TPSA) is 83.3 Å². The Balaban J connectivity index is 0.000000196. The molecule has 8 heteroatoms. The monoisotopic (exact) mass is 405 g/mol. The first kappa shape index (κ1) is 18.6. The van der Waals surface area contributed by atoms with Gasteiger partial charge in [-0.3, -0.25) is 9.67 Å². The third-order valence-corrected chi connectivity index (χ3v) is 3.90. The van der Waals surface area contributed by atoms with Gasteiger partial charge in [0.05, 0.1) is 30.9 Å². The summed E-state index contributed by atoms with van der Waals surface area (Å²) in [6.07, 6.45) is 3.07. The number of carbonyl (C=O) groups is 2. The fraction of sp³-hybridized carbons (Fsp3) is 0.176. The number of pyridine rings is 1. The van der Waals surface area contributed by atoms with Crippen molar-refractivity contribution in [3.63, 3.8) is 0 Å². The van der Waals surface area contributed by atoms with Gasteiger partial charge in [-0.25, -0.2) is 9.59 Å². The summed E-state index contributed by atoms with van der Waals surface area (Å²) in [5.41, 5.74) is 1.90. The molecular formula is C17H16BrN3O4. The molecule has 0 unspecified atom stereocenters. The van der Waals surface area contributed by atoms with E-state index in [1.165, 1.54) is 20.4 Å². The van der Waals surface area contributed by atoms with Crippen LogP contribution in [0.15, 0.2) is 47.3 Å². The van der Waals surface area contributed by atoms with E-state index in [2.05, 4.69) is 35.5 Å². The molecule has 0 atom stereocenters. The van der Waals surface area contributed by atoms with Gasteiger partial charge in [-0.2, -0.15) is 5.10 Å². The van der Waals surface area contributed by atoms with Crippen LogP contribution in [0.4, 0.5) is 0 Å². The van der Waals surface area contributed by atoms with Crippen LogP contribution in [0, 0.1) is 0 Å². The van der Waals surface area contributed by atoms with Crippen LogP contribution in [0.1, 0.15) is 20.7 Å². The maximum atomic E-state index is 11.3. The smallest absolute Gasteiger partial charge is 0.339 e. The molecule has 0 saturated carbocycles. The number of methoxy groups -OCH3 is 2. The first-order valence-corrected chi connectivity index (χ1v) is 7.96. The lowest BCUT2D eigenvalue weighted by atomic mass is 10.2. The number of ether oxygens (including phenoxy) is 2. The van der Waals surface area contributed by atoms with Crippen molar-refractivity contribution in [1.82, 2.24) is 14.8 Å². The predicted molar refractivity (Wildman–Crippen MR) is 95.3 cm³/mol. The highest BCUT2D eigenvalue weighted by Gasteiger charge is 2.10. The van der Waals surface area contributed by atoms with Crippen LogP contribution in [0.5, 0.6) is 0 Å². The SMILES string of the molecule is COC(=O)c1ccc2c(Br)nn(C)c2c1.COC(=O)c1cccnc1. The van der Waals surface area contributed by atoms with Gasteiger partial charge in [0.15, 0.2) is 0 Å². The Morgan fingerprint density at radius 1 is 1.08 bits per heavy atom. The van der Waals surface area contributed by atoms with E-state index in [-0.39, 0.29) is 11.9 Å². The van der Waals surface area contributed by atoms with E-state index >= 15 is 0 Å². The third-order valence-electron chi connectivity index (χ3n) is 3.31. The van der Waals surface area contributed by atoms with Gasteiger partial charge in [-0.05, 0) is 46.3 Å². The zero-order chi connectivity index (χ0) is 18.4. The van der Waals surface area contributed by atoms with Crippen LogP contribution < -0.4 is 0 Å². The Kier molecular flexibility index (Phi) is 6.24. The molecule has 1 aromatic carbocycles. The number of rotatable bonds is 2. The van der Waals surface area contributed by atoms with E-state index in [9.17, 15) is 9.59 Å². The van der Waals surface area contributed by atoms with Gasteiger partial charge in [0.25, 0.3) is 0 Å². The number of nitrogens with zero attached hydrogens (tertiary/aromatic N) is 3. The minimum atomic E-state index is -0.354. The number of halogens is 1. The summed E-state index contributed by atoms with van der Waals surface area (Å²) in [7, 11) is 4.54. The fourth-order valence-corrected chi connectivity index (χ4v) is 2.63. The molecule has 3 aromatic rings. The lowest BCUT2D eigenvalue weighted by molar-refractivity contribution is 0.0591. The number of benzene rings is 1. The molecular weight excluding hydrogens is 390 g/mol. The molecule has 0 amide bonds. The summed E-state index contributed by atoms with van der Waals surface area (Å²) in [4.78, 5) is 25.8. The number of fused-ring (bicyclic) bond motifs is 1. The summed E-state index contributed by atoms with van der Waals surface area (Å²) in [5.74, 6) is -0.692. The average Bonchev–Trinajstić information content (AvgIpc) is 2.95. The van der Waals surface area contributed by atoms with Gasteiger partial charge in [-0.15, -0.1) is 0 Å². The summed E-state index contributed by atoms with van der Waals surface area (Å²) < 4.78 is 11.6. The maximum Gasteiger partial charge on any atom is 0.339 e. The van der Waals surface area contributed by atoms with Crippen molar-refractivity contribution in [1.29, 1.82) is 0 Å². The molecule has 3 rings (SSSR count). The van der Waals surface area contributed by atoms with Crippen LogP contribution in [0.2, 0.25) is 0 Å². The first-order chi connectivity index (χ1) is 12.0. The maximum absolute atomic E-state index is 11.3. The van der Waals surface area contributed by atoms with Gasteiger partial charge < -0.3 is 9.47 Å². The molecule has 0 bridgehead atoms. The van der Waals surface area contributed by atoms with Crippen molar-refractivity contribution in [2.24, 2.45) is 7.05 Å². The number of aromatic nitrogens is 3. The van der Waals surface area contributed by atoms with Gasteiger partial charge in [-0.1, -0.05) is 0 Å². The number of esters is 2. The molecule has 0 aliphatic heterocycles. The Bertz CT molecular complexity index is 894. The van der Waals surface area contributed by atoms with Crippen LogP contribution in [0.25, 0.3) is 10.9 Å². The molecule has 130 valence electrons. The van der Waals surface area contributed by atoms with Crippen LogP contribution in [-0.4, -0.2) is 40.9 Å². The van der Waals surface area contributed by atoms with E-state index in [1.807, 2.05) is 13.1 Å². The molecule has 0 fully saturated rings. The molecule has 25 heavy (non-hydrogen) atoms. The van der Waals surface area contributed by atoms with Crippen molar-refractivity contribution >= 4 is 38.8 Å². The van der Waals surface area contributed by atoms with Crippen molar-refractivity contribution in [3.8, 4) is 0 Å². The molecule has 0 spiro atoms. The number of aryl methyl sites for hydroxylation is 1. The second-order valence-electron chi connectivity index (χ2n) is 4.87. The zero-order valence-electron chi connectivity index (χ0n) is 13.9. The van der Waals surface area contributed by atoms with Crippen molar-refractivity contribution in [3.05, 3.63) is 58.5 Å². The molecule has 0 saturated heterocycles. The lowest BCUT2D eigenvalue weighted by Crippen LogP contribution is -2.01. The Morgan fingerprint density at radius 2 is 1.76 bits per heavy atom. The van der Waals surface area contributed by atoms with Crippen LogP contribution in [0.3, 0.4) is 0 Å². The van der Waals surface area contributed by atoms with Crippen molar-refractivity contribution < 1.29 is 19.1 Å². The van der Waals surface area contributed by atoms with Gasteiger partial charge in [0.2, 0.25) is 0 Å².